The Morgan fingerprint density at radius 3 is 2.60 bits per heavy atom. The minimum absolute atomic E-state index is 0.715. The van der Waals surface area contributed by atoms with Gasteiger partial charge in [-0.1, -0.05) is 32.1 Å². The molecule has 0 aromatic heterocycles. The quantitative estimate of drug-likeness (QED) is 0.752. The van der Waals surface area contributed by atoms with Crippen molar-refractivity contribution in [3.63, 3.8) is 0 Å². The third kappa shape index (κ3) is 2.94. The average Bonchev–Trinajstić information content (AvgIpc) is 2.26. The lowest BCUT2D eigenvalue weighted by Gasteiger charge is -2.40. The number of hydrogen-bond acceptors (Lipinski definition) is 2. The number of nitrogens with one attached hydrogen (secondary N) is 1. The molecule has 0 bridgehead atoms. The van der Waals surface area contributed by atoms with Gasteiger partial charge in [0.05, 0.1) is 0 Å². The number of nitrogens with zero attached hydrogens (tertiary/aromatic N) is 1. The number of rotatable bonds is 2. The molecule has 2 heteroatoms. The first-order chi connectivity index (χ1) is 7.27. The van der Waals surface area contributed by atoms with Gasteiger partial charge in [-0.2, -0.15) is 0 Å². The van der Waals surface area contributed by atoms with Gasteiger partial charge in [-0.05, 0) is 26.3 Å². The molecule has 2 unspecified atom stereocenters. The van der Waals surface area contributed by atoms with E-state index in [1.807, 2.05) is 0 Å². The molecule has 1 aliphatic carbocycles. The fourth-order valence-electron chi connectivity index (χ4n) is 3.16. The molecule has 2 nitrogen and oxygen atoms in total. The van der Waals surface area contributed by atoms with Crippen LogP contribution in [-0.2, 0) is 0 Å². The van der Waals surface area contributed by atoms with Crippen molar-refractivity contribution in [2.75, 3.05) is 20.1 Å². The normalized spacial score (nSPS) is 35.6. The van der Waals surface area contributed by atoms with Crippen molar-refractivity contribution in [3.8, 4) is 0 Å². The maximum absolute atomic E-state index is 3.56. The van der Waals surface area contributed by atoms with Crippen molar-refractivity contribution in [1.29, 1.82) is 0 Å². The van der Waals surface area contributed by atoms with E-state index in [1.165, 1.54) is 45.1 Å². The molecule has 0 aromatic carbocycles. The van der Waals surface area contributed by atoms with E-state index in [4.69, 9.17) is 0 Å². The van der Waals surface area contributed by atoms with Crippen molar-refractivity contribution >= 4 is 0 Å². The second kappa shape index (κ2) is 5.31. The summed E-state index contributed by atoms with van der Waals surface area (Å²) in [7, 11) is 2.30. The van der Waals surface area contributed by atoms with Crippen LogP contribution in [0.1, 0.15) is 45.4 Å². The predicted molar refractivity (Wildman–Crippen MR) is 65.1 cm³/mol. The van der Waals surface area contributed by atoms with Gasteiger partial charge in [0, 0.05) is 25.2 Å². The second-order valence-electron chi connectivity index (χ2n) is 5.57. The predicted octanol–water partition coefficient (Wildman–Crippen LogP) is 2.25. The van der Waals surface area contributed by atoms with Crippen molar-refractivity contribution in [1.82, 2.24) is 10.2 Å². The molecule has 1 aliphatic heterocycles. The number of likely N-dealkylation sites (N-methyl/N-ethyl adjacent to an activating group) is 1. The first-order valence-electron chi connectivity index (χ1n) is 6.70. The lowest BCUT2D eigenvalue weighted by molar-refractivity contribution is 0.112. The van der Waals surface area contributed by atoms with Crippen LogP contribution in [0, 0.1) is 5.92 Å². The van der Waals surface area contributed by atoms with E-state index >= 15 is 0 Å². The summed E-state index contributed by atoms with van der Waals surface area (Å²) < 4.78 is 0. The third-order valence-electron chi connectivity index (χ3n) is 4.42. The van der Waals surface area contributed by atoms with Crippen molar-refractivity contribution in [2.24, 2.45) is 5.92 Å². The topological polar surface area (TPSA) is 15.3 Å². The van der Waals surface area contributed by atoms with Crippen LogP contribution in [0.2, 0.25) is 0 Å². The van der Waals surface area contributed by atoms with Gasteiger partial charge in [0.1, 0.15) is 0 Å². The zero-order valence-corrected chi connectivity index (χ0v) is 10.3. The van der Waals surface area contributed by atoms with E-state index in [0.29, 0.717) is 6.04 Å². The number of piperazine rings is 1. The van der Waals surface area contributed by atoms with E-state index < -0.39 is 0 Å². The highest BCUT2D eigenvalue weighted by atomic mass is 15.2. The first kappa shape index (κ1) is 11.4. The molecule has 2 fully saturated rings. The summed E-state index contributed by atoms with van der Waals surface area (Å²) in [6, 6.07) is 1.50. The van der Waals surface area contributed by atoms with Crippen LogP contribution in [-0.4, -0.2) is 37.1 Å². The minimum atomic E-state index is 0.715. The van der Waals surface area contributed by atoms with Gasteiger partial charge in [-0.25, -0.2) is 0 Å². The monoisotopic (exact) mass is 210 g/mol. The van der Waals surface area contributed by atoms with E-state index in [0.717, 1.165) is 18.5 Å². The highest BCUT2D eigenvalue weighted by Crippen LogP contribution is 2.29. The first-order valence-corrected chi connectivity index (χ1v) is 6.70. The zero-order valence-electron chi connectivity index (χ0n) is 10.3. The van der Waals surface area contributed by atoms with Crippen molar-refractivity contribution in [2.45, 2.75) is 57.5 Å². The molecule has 0 amide bonds. The molecule has 2 aliphatic rings. The second-order valence-corrected chi connectivity index (χ2v) is 5.57. The third-order valence-corrected chi connectivity index (χ3v) is 4.42. The maximum atomic E-state index is 3.56. The van der Waals surface area contributed by atoms with E-state index in [9.17, 15) is 0 Å². The molecule has 1 saturated carbocycles. The van der Waals surface area contributed by atoms with E-state index in [1.54, 1.807) is 0 Å². The molecule has 1 saturated heterocycles. The Kier molecular flexibility index (Phi) is 4.04. The molecule has 1 heterocycles. The molecule has 0 aromatic rings. The zero-order chi connectivity index (χ0) is 10.7. The largest absolute Gasteiger partial charge is 0.314 e. The van der Waals surface area contributed by atoms with Crippen molar-refractivity contribution in [3.05, 3.63) is 0 Å². The lowest BCUT2D eigenvalue weighted by Crippen LogP contribution is -2.54. The van der Waals surface area contributed by atoms with Crippen LogP contribution >= 0.6 is 0 Å². The molecule has 15 heavy (non-hydrogen) atoms. The standard InChI is InChI=1S/C13H26N2/c1-11-9-14-10-13(15(11)2)8-12-6-4-3-5-7-12/h11-14H,3-10H2,1-2H3. The van der Waals surface area contributed by atoms with Crippen LogP contribution in [0.15, 0.2) is 0 Å². The van der Waals surface area contributed by atoms with Gasteiger partial charge in [0.15, 0.2) is 0 Å². The average molecular weight is 210 g/mol. The summed E-state index contributed by atoms with van der Waals surface area (Å²) >= 11 is 0. The van der Waals surface area contributed by atoms with Gasteiger partial charge in [-0.15, -0.1) is 0 Å². The summed E-state index contributed by atoms with van der Waals surface area (Å²) in [5.41, 5.74) is 0. The van der Waals surface area contributed by atoms with Gasteiger partial charge < -0.3 is 5.32 Å². The van der Waals surface area contributed by atoms with Crippen LogP contribution < -0.4 is 5.32 Å². The summed E-state index contributed by atoms with van der Waals surface area (Å²) in [5, 5.41) is 3.56. The summed E-state index contributed by atoms with van der Waals surface area (Å²) in [4.78, 5) is 2.59. The Hall–Kier alpha value is -0.0800. The minimum Gasteiger partial charge on any atom is -0.314 e. The van der Waals surface area contributed by atoms with Crippen LogP contribution in [0.5, 0.6) is 0 Å². The lowest BCUT2D eigenvalue weighted by atomic mass is 9.84. The maximum Gasteiger partial charge on any atom is 0.0223 e. The molecule has 2 rings (SSSR count). The SMILES string of the molecule is CC1CNCC(CC2CCCCC2)N1C. The smallest absolute Gasteiger partial charge is 0.0223 e. The van der Waals surface area contributed by atoms with Crippen LogP contribution in [0.4, 0.5) is 0 Å². The summed E-state index contributed by atoms with van der Waals surface area (Å²) in [6.45, 7) is 4.70. The number of hydrogen-bond donors (Lipinski definition) is 1. The van der Waals surface area contributed by atoms with E-state index in [2.05, 4.69) is 24.2 Å². The van der Waals surface area contributed by atoms with Crippen LogP contribution in [0.25, 0.3) is 0 Å². The molecule has 2 atom stereocenters. The Bertz CT molecular complexity index is 187. The van der Waals surface area contributed by atoms with Crippen molar-refractivity contribution < 1.29 is 0 Å². The van der Waals surface area contributed by atoms with Crippen LogP contribution in [0.3, 0.4) is 0 Å². The molecular formula is C13H26N2. The fraction of sp³-hybridized carbons (Fsp3) is 1.00. The van der Waals surface area contributed by atoms with Gasteiger partial charge in [0.25, 0.3) is 0 Å². The van der Waals surface area contributed by atoms with Gasteiger partial charge in [-0.3, -0.25) is 4.90 Å². The summed E-state index contributed by atoms with van der Waals surface area (Å²) in [5.74, 6) is 1.01. The Morgan fingerprint density at radius 2 is 1.87 bits per heavy atom. The fourth-order valence-corrected chi connectivity index (χ4v) is 3.16. The van der Waals surface area contributed by atoms with Gasteiger partial charge in [0.2, 0.25) is 0 Å². The Labute approximate surface area is 94.4 Å². The highest BCUT2D eigenvalue weighted by molar-refractivity contribution is 4.85. The highest BCUT2D eigenvalue weighted by Gasteiger charge is 2.27. The molecule has 1 N–H and O–H groups in total. The molecule has 0 spiro atoms. The molecule has 88 valence electrons. The van der Waals surface area contributed by atoms with E-state index in [-0.39, 0.29) is 0 Å². The summed E-state index contributed by atoms with van der Waals surface area (Å²) in [6.07, 6.45) is 8.82. The molecule has 0 radical (unpaired) electrons. The Morgan fingerprint density at radius 1 is 1.13 bits per heavy atom. The Balaban J connectivity index is 1.81. The molecular weight excluding hydrogens is 184 g/mol. The van der Waals surface area contributed by atoms with Gasteiger partial charge >= 0.3 is 0 Å².